The molecular weight excluding hydrogens is 280 g/mol. The molecule has 1 aliphatic carbocycles. The van der Waals surface area contributed by atoms with Gasteiger partial charge in [0.05, 0.1) is 13.7 Å². The highest BCUT2D eigenvalue weighted by atomic mass is 16.5. The topological polar surface area (TPSA) is 52.6 Å². The largest absolute Gasteiger partial charge is 0.496 e. The summed E-state index contributed by atoms with van der Waals surface area (Å²) < 4.78 is 10.4. The van der Waals surface area contributed by atoms with E-state index in [2.05, 4.69) is 0 Å². The quantitative estimate of drug-likeness (QED) is 0.873. The molecule has 4 heteroatoms. The molecule has 4 nitrogen and oxygen atoms in total. The summed E-state index contributed by atoms with van der Waals surface area (Å²) in [6.45, 7) is 1.81. The molecule has 2 aromatic rings. The van der Waals surface area contributed by atoms with Gasteiger partial charge in [0.25, 0.3) is 0 Å². The van der Waals surface area contributed by atoms with Crippen LogP contribution in [0.3, 0.4) is 0 Å². The van der Waals surface area contributed by atoms with Gasteiger partial charge in [-0.1, -0.05) is 12.1 Å². The zero-order chi connectivity index (χ0) is 15.9. The first kappa shape index (κ1) is 14.5. The average molecular weight is 296 g/mol. The third-order valence-corrected chi connectivity index (χ3v) is 4.07. The number of hydrogen-bond donors (Lipinski definition) is 0. The number of hydrogen-bond acceptors (Lipinski definition) is 4. The van der Waals surface area contributed by atoms with E-state index in [9.17, 15) is 9.59 Å². The summed E-state index contributed by atoms with van der Waals surface area (Å²) >= 11 is 0. The molecule has 0 unspecified atom stereocenters. The minimum absolute atomic E-state index is 0.119. The molecule has 2 aromatic carbocycles. The maximum atomic E-state index is 12.8. The number of allylic oxidation sites excluding steroid dienone is 1. The number of fused-ring (bicyclic) bond motifs is 3. The van der Waals surface area contributed by atoms with E-state index in [-0.39, 0.29) is 18.2 Å². The van der Waals surface area contributed by atoms with Gasteiger partial charge in [0.15, 0.2) is 11.6 Å². The lowest BCUT2D eigenvalue weighted by atomic mass is 9.82. The van der Waals surface area contributed by atoms with Crippen LogP contribution in [-0.4, -0.2) is 32.4 Å². The van der Waals surface area contributed by atoms with Gasteiger partial charge in [0.1, 0.15) is 5.75 Å². The van der Waals surface area contributed by atoms with Crippen LogP contribution < -0.4 is 4.74 Å². The van der Waals surface area contributed by atoms with Crippen LogP contribution in [0, 0.1) is 0 Å². The van der Waals surface area contributed by atoms with Crippen LogP contribution in [0.25, 0.3) is 10.8 Å². The summed E-state index contributed by atoms with van der Waals surface area (Å²) in [5.41, 5.74) is 1.78. The normalized spacial score (nSPS) is 14.5. The zero-order valence-corrected chi connectivity index (χ0v) is 12.7. The SMILES string of the molecule is COCC1=C(C)C(=O)c2ccc3c(OC)cccc3c2C1=O. The molecule has 3 rings (SSSR count). The van der Waals surface area contributed by atoms with Crippen molar-refractivity contribution in [3.8, 4) is 5.75 Å². The van der Waals surface area contributed by atoms with Crippen LogP contribution in [0.4, 0.5) is 0 Å². The third kappa shape index (κ3) is 1.96. The van der Waals surface area contributed by atoms with Crippen LogP contribution in [-0.2, 0) is 4.74 Å². The highest BCUT2D eigenvalue weighted by molar-refractivity contribution is 6.31. The lowest BCUT2D eigenvalue weighted by molar-refractivity contribution is 0.0956. The molecule has 0 amide bonds. The fraction of sp³-hybridized carbons (Fsp3) is 0.222. The molecule has 1 aliphatic rings. The molecular formula is C18H16O4. The fourth-order valence-electron chi connectivity index (χ4n) is 2.92. The minimum Gasteiger partial charge on any atom is -0.496 e. The van der Waals surface area contributed by atoms with Gasteiger partial charge in [-0.2, -0.15) is 0 Å². The number of ether oxygens (including phenoxy) is 2. The Bertz CT molecular complexity index is 830. The van der Waals surface area contributed by atoms with Crippen molar-refractivity contribution in [1.82, 2.24) is 0 Å². The van der Waals surface area contributed by atoms with Crippen molar-refractivity contribution in [2.24, 2.45) is 0 Å². The van der Waals surface area contributed by atoms with Gasteiger partial charge >= 0.3 is 0 Å². The van der Waals surface area contributed by atoms with E-state index in [1.54, 1.807) is 20.1 Å². The average Bonchev–Trinajstić information content (AvgIpc) is 2.55. The van der Waals surface area contributed by atoms with Gasteiger partial charge in [-0.15, -0.1) is 0 Å². The van der Waals surface area contributed by atoms with Crippen molar-refractivity contribution in [2.75, 3.05) is 20.8 Å². The van der Waals surface area contributed by atoms with Gasteiger partial charge in [-0.25, -0.2) is 0 Å². The van der Waals surface area contributed by atoms with E-state index in [1.807, 2.05) is 24.3 Å². The van der Waals surface area contributed by atoms with Gasteiger partial charge < -0.3 is 9.47 Å². The number of benzene rings is 2. The number of carbonyl (C=O) groups is 2. The van der Waals surface area contributed by atoms with Gasteiger partial charge in [-0.3, -0.25) is 9.59 Å². The molecule has 0 N–H and O–H groups in total. The smallest absolute Gasteiger partial charge is 0.193 e. The molecule has 0 aliphatic heterocycles. The molecule has 112 valence electrons. The molecule has 0 radical (unpaired) electrons. The Kier molecular flexibility index (Phi) is 3.54. The molecule has 0 fully saturated rings. The Morgan fingerprint density at radius 2 is 1.73 bits per heavy atom. The Balaban J connectivity index is 2.34. The molecule has 0 heterocycles. The van der Waals surface area contributed by atoms with Crippen molar-refractivity contribution < 1.29 is 19.1 Å². The van der Waals surface area contributed by atoms with Gasteiger partial charge in [0.2, 0.25) is 0 Å². The Labute approximate surface area is 128 Å². The van der Waals surface area contributed by atoms with Crippen LogP contribution in [0.2, 0.25) is 0 Å². The predicted octanol–water partition coefficient (Wildman–Crippen LogP) is 3.19. The molecule has 0 bridgehead atoms. The fourth-order valence-corrected chi connectivity index (χ4v) is 2.92. The monoisotopic (exact) mass is 296 g/mol. The number of Topliss-reactive ketones (excluding diaryl/α,β-unsaturated/α-hetero) is 2. The van der Waals surface area contributed by atoms with E-state index in [0.717, 1.165) is 10.8 Å². The minimum atomic E-state index is -0.146. The van der Waals surface area contributed by atoms with Crippen molar-refractivity contribution >= 4 is 22.3 Å². The van der Waals surface area contributed by atoms with E-state index >= 15 is 0 Å². The molecule has 0 saturated carbocycles. The maximum absolute atomic E-state index is 12.8. The van der Waals surface area contributed by atoms with Crippen LogP contribution in [0.5, 0.6) is 5.75 Å². The first-order valence-corrected chi connectivity index (χ1v) is 6.98. The van der Waals surface area contributed by atoms with Gasteiger partial charge in [-0.05, 0) is 30.5 Å². The second kappa shape index (κ2) is 5.39. The Morgan fingerprint density at radius 3 is 2.41 bits per heavy atom. The van der Waals surface area contributed by atoms with Crippen LogP contribution in [0.1, 0.15) is 27.6 Å². The van der Waals surface area contributed by atoms with Crippen LogP contribution >= 0.6 is 0 Å². The molecule has 22 heavy (non-hydrogen) atoms. The van der Waals surface area contributed by atoms with Crippen LogP contribution in [0.15, 0.2) is 41.5 Å². The highest BCUT2D eigenvalue weighted by Crippen LogP contribution is 2.35. The summed E-state index contributed by atoms with van der Waals surface area (Å²) in [6.07, 6.45) is 0. The summed E-state index contributed by atoms with van der Waals surface area (Å²) in [4.78, 5) is 25.4. The lowest BCUT2D eigenvalue weighted by Crippen LogP contribution is -2.23. The van der Waals surface area contributed by atoms with E-state index in [0.29, 0.717) is 28.0 Å². The molecule has 0 spiro atoms. The number of rotatable bonds is 3. The standard InChI is InChI=1S/C18H16O4/c1-10-14(9-21-2)18(20)16-12-5-4-6-15(22-3)11(12)7-8-13(16)17(10)19/h4-8H,9H2,1-3H3. The second-order valence-electron chi connectivity index (χ2n) is 5.24. The molecule has 0 saturated heterocycles. The summed E-state index contributed by atoms with van der Waals surface area (Å²) in [7, 11) is 3.10. The van der Waals surface area contributed by atoms with Crippen molar-refractivity contribution in [2.45, 2.75) is 6.92 Å². The predicted molar refractivity (Wildman–Crippen MR) is 83.7 cm³/mol. The number of ketones is 2. The molecule has 0 aromatic heterocycles. The summed E-state index contributed by atoms with van der Waals surface area (Å²) in [6, 6.07) is 9.02. The Hall–Kier alpha value is -2.46. The Morgan fingerprint density at radius 1 is 0.955 bits per heavy atom. The maximum Gasteiger partial charge on any atom is 0.193 e. The van der Waals surface area contributed by atoms with E-state index in [1.165, 1.54) is 7.11 Å². The zero-order valence-electron chi connectivity index (χ0n) is 12.7. The lowest BCUT2D eigenvalue weighted by Gasteiger charge is -2.20. The number of methoxy groups -OCH3 is 2. The van der Waals surface area contributed by atoms with Crippen molar-refractivity contribution in [3.63, 3.8) is 0 Å². The highest BCUT2D eigenvalue weighted by Gasteiger charge is 2.31. The van der Waals surface area contributed by atoms with Crippen molar-refractivity contribution in [1.29, 1.82) is 0 Å². The van der Waals surface area contributed by atoms with Crippen molar-refractivity contribution in [3.05, 3.63) is 52.6 Å². The second-order valence-corrected chi connectivity index (χ2v) is 5.24. The van der Waals surface area contributed by atoms with Gasteiger partial charge in [0, 0.05) is 34.8 Å². The first-order chi connectivity index (χ1) is 10.6. The third-order valence-electron chi connectivity index (χ3n) is 4.07. The number of carbonyl (C=O) groups excluding carboxylic acids is 2. The van der Waals surface area contributed by atoms with E-state index < -0.39 is 0 Å². The summed E-state index contributed by atoms with van der Waals surface area (Å²) in [5, 5.41) is 1.55. The van der Waals surface area contributed by atoms with E-state index in [4.69, 9.17) is 9.47 Å². The first-order valence-electron chi connectivity index (χ1n) is 6.98. The summed E-state index contributed by atoms with van der Waals surface area (Å²) in [5.74, 6) is 0.416. The molecule has 0 atom stereocenters.